The molecule has 0 saturated heterocycles. The molecule has 0 aliphatic rings. The van der Waals surface area contributed by atoms with Gasteiger partial charge in [0.15, 0.2) is 0 Å². The first-order valence-electron chi connectivity index (χ1n) is 22.6. The second kappa shape index (κ2) is 37.4. The number of aliphatic carboxylic acids is 3. The van der Waals surface area contributed by atoms with Crippen molar-refractivity contribution in [2.24, 2.45) is 0 Å². The topological polar surface area (TPSA) is 429 Å². The molecule has 4 unspecified atom stereocenters. The molecule has 394 valence electrons. The fraction of sp³-hybridized carbons (Fsp3) is 0.805. The number of amides is 4. The summed E-state index contributed by atoms with van der Waals surface area (Å²) in [5, 5.41) is 118. The molecule has 0 aliphatic heterocycles. The van der Waals surface area contributed by atoms with Crippen molar-refractivity contribution in [3.63, 3.8) is 0 Å². The van der Waals surface area contributed by atoms with Crippen LogP contribution in [0.25, 0.3) is 0 Å². The molecule has 0 aromatic rings. The van der Waals surface area contributed by atoms with Gasteiger partial charge in [-0.1, -0.05) is 6.92 Å². The van der Waals surface area contributed by atoms with E-state index < -0.39 is 149 Å². The third-order valence-corrected chi connectivity index (χ3v) is 10.9. The maximum absolute atomic E-state index is 12.9. The number of hydrogen-bond acceptors (Lipinski definition) is 20. The smallest absolute Gasteiger partial charge is 0.320 e. The van der Waals surface area contributed by atoms with Crippen molar-refractivity contribution in [2.75, 3.05) is 98.7 Å². The Bertz CT molecular complexity index is 1490. The van der Waals surface area contributed by atoms with Gasteiger partial charge in [-0.25, -0.2) is 0 Å². The van der Waals surface area contributed by atoms with E-state index >= 15 is 0 Å². The van der Waals surface area contributed by atoms with Crippen LogP contribution in [0.15, 0.2) is 0 Å². The predicted molar refractivity (Wildman–Crippen MR) is 238 cm³/mol. The Morgan fingerprint density at radius 3 is 1.07 bits per heavy atom. The number of nitrogens with one attached hydrogen (secondary N) is 5. The highest BCUT2D eigenvalue weighted by Crippen LogP contribution is 2.15. The molecule has 0 aromatic heterocycles. The normalized spacial score (nSPS) is 13.5. The van der Waals surface area contributed by atoms with Gasteiger partial charge in [0.25, 0.3) is 0 Å². The predicted octanol–water partition coefficient (Wildman–Crippen LogP) is -7.18. The van der Waals surface area contributed by atoms with E-state index in [0.29, 0.717) is 12.7 Å². The van der Waals surface area contributed by atoms with Gasteiger partial charge in [-0.3, -0.25) is 48.3 Å². The summed E-state index contributed by atoms with van der Waals surface area (Å²) in [6, 6.07) is -9.03. The van der Waals surface area contributed by atoms with E-state index in [1.165, 1.54) is 4.90 Å². The van der Waals surface area contributed by atoms with Crippen LogP contribution < -0.4 is 26.6 Å². The van der Waals surface area contributed by atoms with Gasteiger partial charge in [-0.05, 0) is 38.6 Å². The molecule has 4 amide bonds. The number of carbonyl (C=O) groups is 8. The fourth-order valence-corrected chi connectivity index (χ4v) is 6.93. The van der Waals surface area contributed by atoms with Gasteiger partial charge in [0.2, 0.25) is 23.6 Å². The molecule has 27 heteroatoms. The third kappa shape index (κ3) is 26.3. The van der Waals surface area contributed by atoms with Crippen molar-refractivity contribution < 1.29 is 94.5 Å². The minimum absolute atomic E-state index is 0.0395. The van der Waals surface area contributed by atoms with Gasteiger partial charge in [-0.2, -0.15) is 0 Å². The number of carboxylic acids is 3. The molecular weight excluding hydrogens is 908 g/mol. The summed E-state index contributed by atoms with van der Waals surface area (Å²) in [6.45, 7) is -3.48. The first-order chi connectivity index (χ1) is 32.4. The highest BCUT2D eigenvalue weighted by molar-refractivity contribution is 5.80. The van der Waals surface area contributed by atoms with Crippen LogP contribution in [0.2, 0.25) is 0 Å². The summed E-state index contributed by atoms with van der Waals surface area (Å²) >= 11 is 0. The molecule has 0 aliphatic carbocycles. The molecule has 0 rings (SSSR count). The number of carboxylic acid groups (broad SMARTS) is 3. The maximum atomic E-state index is 12.9. The molecule has 0 heterocycles. The first-order valence-corrected chi connectivity index (χ1v) is 22.6. The molecule has 0 spiro atoms. The minimum Gasteiger partial charge on any atom is -0.480 e. The molecule has 27 nitrogen and oxygen atoms in total. The molecular formula is C41H76N8O19. The van der Waals surface area contributed by atoms with Crippen LogP contribution in [0.4, 0.5) is 0 Å². The highest BCUT2D eigenvalue weighted by atomic mass is 16.4. The zero-order valence-corrected chi connectivity index (χ0v) is 38.7. The van der Waals surface area contributed by atoms with Crippen molar-refractivity contribution in [1.29, 1.82) is 0 Å². The number of aldehydes is 1. The van der Waals surface area contributed by atoms with E-state index in [-0.39, 0.29) is 90.8 Å². The van der Waals surface area contributed by atoms with Gasteiger partial charge in [0.05, 0.1) is 83.1 Å². The average molecular weight is 985 g/mol. The van der Waals surface area contributed by atoms with Gasteiger partial charge >= 0.3 is 17.9 Å². The zero-order valence-electron chi connectivity index (χ0n) is 38.7. The Balaban J connectivity index is 6.86. The van der Waals surface area contributed by atoms with Crippen LogP contribution >= 0.6 is 0 Å². The fourth-order valence-electron chi connectivity index (χ4n) is 6.93. The van der Waals surface area contributed by atoms with E-state index in [1.54, 1.807) is 16.7 Å². The number of nitrogens with zero attached hydrogens (tertiary/aromatic N) is 3. The molecule has 0 radical (unpaired) electrons. The lowest BCUT2D eigenvalue weighted by Crippen LogP contribution is -2.52. The van der Waals surface area contributed by atoms with Crippen LogP contribution in [0, 0.1) is 0 Å². The number of rotatable bonds is 43. The van der Waals surface area contributed by atoms with Crippen LogP contribution in [0.3, 0.4) is 0 Å². The van der Waals surface area contributed by atoms with E-state index in [4.69, 9.17) is 0 Å². The summed E-state index contributed by atoms with van der Waals surface area (Å²) < 4.78 is 0. The van der Waals surface area contributed by atoms with Gasteiger partial charge in [0, 0.05) is 65.0 Å². The number of aliphatic hydroxyl groups is 8. The van der Waals surface area contributed by atoms with E-state index in [9.17, 15) is 94.5 Å². The number of carbonyl (C=O) groups excluding carboxylic acids is 5. The monoisotopic (exact) mass is 985 g/mol. The average Bonchev–Trinajstić information content (AvgIpc) is 3.31. The van der Waals surface area contributed by atoms with Crippen LogP contribution in [-0.2, 0) is 38.4 Å². The summed E-state index contributed by atoms with van der Waals surface area (Å²) in [6.07, 6.45) is -1.29. The van der Waals surface area contributed by atoms with Crippen molar-refractivity contribution in [2.45, 2.75) is 113 Å². The van der Waals surface area contributed by atoms with Crippen molar-refractivity contribution in [3.8, 4) is 0 Å². The van der Waals surface area contributed by atoms with E-state index in [2.05, 4.69) is 26.6 Å². The van der Waals surface area contributed by atoms with Gasteiger partial charge < -0.3 is 87.6 Å². The van der Waals surface area contributed by atoms with Crippen LogP contribution in [-0.4, -0.2) is 266 Å². The second-order valence-corrected chi connectivity index (χ2v) is 16.0. The second-order valence-electron chi connectivity index (χ2n) is 16.0. The largest absolute Gasteiger partial charge is 0.480 e. The SMILES string of the molecule is CCCN(CCN(CCN(CCNC(CCC(=O)NC(CO)CO)C(=O)O)C(CCC(=O)NC(CO)CO)C(=O)O)C(C=O)CCC(=O)NC(CO)CO)C(CCC(=O)NC(CO)CO)C(=O)O. The molecule has 0 fully saturated rings. The summed E-state index contributed by atoms with van der Waals surface area (Å²) in [7, 11) is 0. The molecule has 16 N–H and O–H groups in total. The van der Waals surface area contributed by atoms with E-state index in [1.807, 2.05) is 0 Å². The summed E-state index contributed by atoms with van der Waals surface area (Å²) in [5.41, 5.74) is 0. The summed E-state index contributed by atoms with van der Waals surface area (Å²) in [4.78, 5) is 105. The van der Waals surface area contributed by atoms with Crippen LogP contribution in [0.5, 0.6) is 0 Å². The first kappa shape index (κ1) is 63.5. The van der Waals surface area contributed by atoms with Crippen molar-refractivity contribution >= 4 is 47.8 Å². The molecule has 0 aromatic carbocycles. The molecule has 0 saturated carbocycles. The Hall–Kier alpha value is -4.52. The lowest BCUT2D eigenvalue weighted by molar-refractivity contribution is -0.145. The lowest BCUT2D eigenvalue weighted by Gasteiger charge is -2.36. The Kier molecular flexibility index (Phi) is 34.9. The quantitative estimate of drug-likeness (QED) is 0.0252. The zero-order chi connectivity index (χ0) is 51.6. The van der Waals surface area contributed by atoms with Gasteiger partial charge in [0.1, 0.15) is 24.4 Å². The lowest BCUT2D eigenvalue weighted by atomic mass is 10.1. The Morgan fingerprint density at radius 2 is 0.765 bits per heavy atom. The van der Waals surface area contributed by atoms with E-state index in [0.717, 1.165) is 0 Å². The molecule has 68 heavy (non-hydrogen) atoms. The Labute approximate surface area is 394 Å². The minimum atomic E-state index is -1.45. The van der Waals surface area contributed by atoms with Crippen molar-refractivity contribution in [3.05, 3.63) is 0 Å². The standard InChI is InChI=1S/C41H76N8O19/c1-2-12-48(33(40(65)66)5-9-37(61)45-29(22-54)23-55)16-14-47(31(26-58)3-7-35(59)43-27(18-50)19-51)15-17-49(34(41(67)68)6-10-38(62)46-30(24-56)25-57)13-11-42-32(39(63)64)4-8-36(60)44-28(20-52)21-53/h26-34,42,50-57H,2-25H2,1H3,(H,43,59)(H,44,60)(H,45,61)(H,46,62)(H,63,64)(H,65,66)(H,67,68). The third-order valence-electron chi connectivity index (χ3n) is 10.9. The van der Waals surface area contributed by atoms with Crippen LogP contribution in [0.1, 0.15) is 64.7 Å². The number of hydrogen-bond donors (Lipinski definition) is 16. The molecule has 4 atom stereocenters. The Morgan fingerprint density at radius 1 is 0.441 bits per heavy atom. The molecule has 0 bridgehead atoms. The maximum Gasteiger partial charge on any atom is 0.320 e. The summed E-state index contributed by atoms with van der Waals surface area (Å²) in [5.74, 6) is -6.65. The number of aliphatic hydroxyl groups excluding tert-OH is 8. The van der Waals surface area contributed by atoms with Crippen molar-refractivity contribution in [1.82, 2.24) is 41.3 Å². The highest BCUT2D eigenvalue weighted by Gasteiger charge is 2.31. The van der Waals surface area contributed by atoms with Gasteiger partial charge in [-0.15, -0.1) is 0 Å².